The molecule has 3 nitrogen and oxygen atoms in total. The summed E-state index contributed by atoms with van der Waals surface area (Å²) in [6.07, 6.45) is 5.06. The van der Waals surface area contributed by atoms with Crippen LogP contribution in [-0.2, 0) is 9.53 Å². The third-order valence-electron chi connectivity index (χ3n) is 4.14. The van der Waals surface area contributed by atoms with Crippen molar-refractivity contribution in [3.8, 4) is 0 Å². The van der Waals surface area contributed by atoms with Crippen molar-refractivity contribution >= 4 is 5.97 Å². The van der Waals surface area contributed by atoms with E-state index in [-0.39, 0.29) is 6.42 Å². The first-order chi connectivity index (χ1) is 11.5. The van der Waals surface area contributed by atoms with Gasteiger partial charge in [0.2, 0.25) is 0 Å². The first-order valence-electron chi connectivity index (χ1n) is 9.54. The lowest BCUT2D eigenvalue weighted by Gasteiger charge is -2.28. The van der Waals surface area contributed by atoms with Crippen molar-refractivity contribution in [3.05, 3.63) is 0 Å². The second-order valence-electron chi connectivity index (χ2n) is 7.82. The normalized spacial score (nSPS) is 15.0. The molecule has 0 radical (unpaired) electrons. The molecule has 0 aromatic carbocycles. The number of hydrogen-bond donors (Lipinski definition) is 1. The second kappa shape index (κ2) is 11.8. The van der Waals surface area contributed by atoms with Gasteiger partial charge in [-0.2, -0.15) is 13.2 Å². The standard InChI is InChI=1S/C19H36F3NO2/c1-5-6-7-8-9-10-11-12-13-14-15(16(23)19(20,21)22)17(24)25-18(2,3)4/h15-16H,5-14,23H2,1-4H3/t15-,16-/m1/s1. The first-order valence-corrected chi connectivity index (χ1v) is 9.54. The molecule has 0 aliphatic rings. The fourth-order valence-corrected chi connectivity index (χ4v) is 2.72. The summed E-state index contributed by atoms with van der Waals surface area (Å²) in [6.45, 7) is 7.09. The molecule has 0 bridgehead atoms. The number of nitrogens with two attached hydrogens (primary N) is 1. The van der Waals surface area contributed by atoms with Gasteiger partial charge in [0.05, 0.1) is 5.92 Å². The van der Waals surface area contributed by atoms with E-state index in [9.17, 15) is 18.0 Å². The third kappa shape index (κ3) is 12.2. The number of halogens is 3. The highest BCUT2D eigenvalue weighted by molar-refractivity contribution is 5.73. The Balaban J connectivity index is 4.30. The van der Waals surface area contributed by atoms with Crippen molar-refractivity contribution in [3.63, 3.8) is 0 Å². The van der Waals surface area contributed by atoms with E-state index in [4.69, 9.17) is 10.5 Å². The minimum Gasteiger partial charge on any atom is -0.460 e. The van der Waals surface area contributed by atoms with Crippen LogP contribution in [0.5, 0.6) is 0 Å². The summed E-state index contributed by atoms with van der Waals surface area (Å²) in [5.41, 5.74) is 4.48. The molecule has 0 amide bonds. The Labute approximate surface area is 150 Å². The average molecular weight is 367 g/mol. The van der Waals surface area contributed by atoms with E-state index < -0.39 is 29.7 Å². The Bertz CT molecular complexity index is 365. The number of unbranched alkanes of at least 4 members (excludes halogenated alkanes) is 8. The minimum absolute atomic E-state index is 0.116. The molecule has 0 saturated heterocycles. The number of alkyl halides is 3. The van der Waals surface area contributed by atoms with Crippen LogP contribution in [0.15, 0.2) is 0 Å². The Morgan fingerprint density at radius 1 is 0.920 bits per heavy atom. The summed E-state index contributed by atoms with van der Waals surface area (Å²) in [5.74, 6) is -2.18. The van der Waals surface area contributed by atoms with Gasteiger partial charge in [-0.05, 0) is 27.2 Å². The zero-order valence-corrected chi connectivity index (χ0v) is 16.3. The van der Waals surface area contributed by atoms with E-state index >= 15 is 0 Å². The van der Waals surface area contributed by atoms with Crippen LogP contribution in [0.3, 0.4) is 0 Å². The molecule has 2 atom stereocenters. The third-order valence-corrected chi connectivity index (χ3v) is 4.14. The van der Waals surface area contributed by atoms with Crippen molar-refractivity contribution in [1.82, 2.24) is 0 Å². The SMILES string of the molecule is CCCCCCCCCCC[C@@H](C(=O)OC(C)(C)C)[C@@H](N)C(F)(F)F. The molecule has 0 unspecified atom stereocenters. The monoisotopic (exact) mass is 367 g/mol. The fraction of sp³-hybridized carbons (Fsp3) is 0.947. The van der Waals surface area contributed by atoms with Gasteiger partial charge < -0.3 is 10.5 Å². The van der Waals surface area contributed by atoms with Gasteiger partial charge in [0, 0.05) is 0 Å². The summed E-state index contributed by atoms with van der Waals surface area (Å²) < 4.78 is 43.9. The summed E-state index contributed by atoms with van der Waals surface area (Å²) >= 11 is 0. The van der Waals surface area contributed by atoms with Gasteiger partial charge in [0.15, 0.2) is 0 Å². The predicted molar refractivity (Wildman–Crippen MR) is 95.2 cm³/mol. The molecule has 0 rings (SSSR count). The highest BCUT2D eigenvalue weighted by Gasteiger charge is 2.45. The van der Waals surface area contributed by atoms with Crippen LogP contribution in [-0.4, -0.2) is 23.8 Å². The van der Waals surface area contributed by atoms with Gasteiger partial charge in [-0.1, -0.05) is 64.7 Å². The lowest BCUT2D eigenvalue weighted by atomic mass is 9.92. The number of ether oxygens (including phenoxy) is 1. The zero-order valence-electron chi connectivity index (χ0n) is 16.3. The topological polar surface area (TPSA) is 52.3 Å². The van der Waals surface area contributed by atoms with Crippen molar-refractivity contribution in [1.29, 1.82) is 0 Å². The molecular weight excluding hydrogens is 331 g/mol. The second-order valence-corrected chi connectivity index (χ2v) is 7.82. The molecule has 6 heteroatoms. The van der Waals surface area contributed by atoms with Crippen LogP contribution in [0.1, 0.15) is 91.9 Å². The number of carbonyl (C=O) groups is 1. The van der Waals surface area contributed by atoms with E-state index in [0.717, 1.165) is 25.7 Å². The Kier molecular flexibility index (Phi) is 11.4. The molecular formula is C19H36F3NO2. The molecule has 0 aliphatic heterocycles. The summed E-state index contributed by atoms with van der Waals surface area (Å²) in [4.78, 5) is 12.1. The summed E-state index contributed by atoms with van der Waals surface area (Å²) in [7, 11) is 0. The van der Waals surface area contributed by atoms with E-state index in [1.165, 1.54) is 25.7 Å². The molecule has 0 spiro atoms. The summed E-state index contributed by atoms with van der Waals surface area (Å²) in [5, 5.41) is 0. The Hall–Kier alpha value is -0.780. The van der Waals surface area contributed by atoms with Gasteiger partial charge in [0.1, 0.15) is 11.6 Å². The molecule has 0 fully saturated rings. The molecule has 150 valence electrons. The number of hydrogen-bond acceptors (Lipinski definition) is 3. The predicted octanol–water partition coefficient (Wildman–Crippen LogP) is 5.75. The van der Waals surface area contributed by atoms with Gasteiger partial charge >= 0.3 is 12.1 Å². The first kappa shape index (κ1) is 24.2. The fourth-order valence-electron chi connectivity index (χ4n) is 2.72. The molecule has 2 N–H and O–H groups in total. The van der Waals surface area contributed by atoms with Gasteiger partial charge in [-0.15, -0.1) is 0 Å². The quantitative estimate of drug-likeness (QED) is 0.353. The van der Waals surface area contributed by atoms with E-state index in [1.54, 1.807) is 20.8 Å². The van der Waals surface area contributed by atoms with Crippen LogP contribution in [0.25, 0.3) is 0 Å². The van der Waals surface area contributed by atoms with Crippen LogP contribution < -0.4 is 5.73 Å². The van der Waals surface area contributed by atoms with Crippen LogP contribution in [0.4, 0.5) is 13.2 Å². The summed E-state index contributed by atoms with van der Waals surface area (Å²) in [6, 6.07) is -2.17. The lowest BCUT2D eigenvalue weighted by Crippen LogP contribution is -2.48. The molecule has 0 aromatic heterocycles. The maximum absolute atomic E-state index is 12.9. The van der Waals surface area contributed by atoms with Crippen molar-refractivity contribution in [2.45, 2.75) is 110 Å². The van der Waals surface area contributed by atoms with Crippen molar-refractivity contribution in [2.24, 2.45) is 11.7 Å². The maximum Gasteiger partial charge on any atom is 0.404 e. The molecule has 0 saturated carbocycles. The molecule has 0 heterocycles. The smallest absolute Gasteiger partial charge is 0.404 e. The molecule has 0 aliphatic carbocycles. The lowest BCUT2D eigenvalue weighted by molar-refractivity contribution is -0.183. The largest absolute Gasteiger partial charge is 0.460 e. The van der Waals surface area contributed by atoms with Gasteiger partial charge in [-0.25, -0.2) is 0 Å². The Morgan fingerprint density at radius 3 is 1.76 bits per heavy atom. The van der Waals surface area contributed by atoms with E-state index in [2.05, 4.69) is 6.92 Å². The van der Waals surface area contributed by atoms with Crippen LogP contribution >= 0.6 is 0 Å². The number of carbonyl (C=O) groups excluding carboxylic acids is 1. The van der Waals surface area contributed by atoms with E-state index in [0.29, 0.717) is 6.42 Å². The van der Waals surface area contributed by atoms with Crippen LogP contribution in [0.2, 0.25) is 0 Å². The van der Waals surface area contributed by atoms with Gasteiger partial charge in [0.25, 0.3) is 0 Å². The van der Waals surface area contributed by atoms with Crippen molar-refractivity contribution < 1.29 is 22.7 Å². The zero-order chi connectivity index (χ0) is 19.5. The maximum atomic E-state index is 12.9. The Morgan fingerprint density at radius 2 is 1.36 bits per heavy atom. The molecule has 25 heavy (non-hydrogen) atoms. The molecule has 0 aromatic rings. The minimum atomic E-state index is -4.60. The number of rotatable bonds is 12. The average Bonchev–Trinajstić information content (AvgIpc) is 2.46. The highest BCUT2D eigenvalue weighted by Crippen LogP contribution is 2.29. The number of esters is 1. The van der Waals surface area contributed by atoms with Gasteiger partial charge in [-0.3, -0.25) is 4.79 Å². The highest BCUT2D eigenvalue weighted by atomic mass is 19.4. The van der Waals surface area contributed by atoms with E-state index in [1.807, 2.05) is 0 Å². The van der Waals surface area contributed by atoms with Crippen molar-refractivity contribution in [2.75, 3.05) is 0 Å². The van der Waals surface area contributed by atoms with Crippen LogP contribution in [0, 0.1) is 5.92 Å².